The van der Waals surface area contributed by atoms with Gasteiger partial charge in [-0.2, -0.15) is 0 Å². The number of carbonyl (C=O) groups excluding carboxylic acids is 1. The van der Waals surface area contributed by atoms with Crippen molar-refractivity contribution in [2.45, 2.75) is 19.8 Å². The third-order valence-corrected chi connectivity index (χ3v) is 2.72. The van der Waals surface area contributed by atoms with Gasteiger partial charge < -0.3 is 5.32 Å². The highest BCUT2D eigenvalue weighted by atomic mass is 127. The van der Waals surface area contributed by atoms with Crippen molar-refractivity contribution in [2.24, 2.45) is 11.8 Å². The van der Waals surface area contributed by atoms with Gasteiger partial charge in [-0.1, -0.05) is 35.9 Å². The van der Waals surface area contributed by atoms with Crippen LogP contribution < -0.4 is 5.32 Å². The third kappa shape index (κ3) is 2.61. The van der Waals surface area contributed by atoms with Gasteiger partial charge in [-0.15, -0.1) is 0 Å². The van der Waals surface area contributed by atoms with Crippen molar-refractivity contribution in [3.63, 3.8) is 0 Å². The van der Waals surface area contributed by atoms with Crippen LogP contribution in [0.25, 0.3) is 0 Å². The van der Waals surface area contributed by atoms with E-state index in [2.05, 4.69) is 34.8 Å². The van der Waals surface area contributed by atoms with E-state index in [0.717, 1.165) is 23.8 Å². The lowest BCUT2D eigenvalue weighted by Gasteiger charge is -2.00. The molecule has 0 aromatic heterocycles. The molecular weight excluding hydrogens is 253 g/mol. The van der Waals surface area contributed by atoms with Crippen LogP contribution in [0.15, 0.2) is 0 Å². The maximum absolute atomic E-state index is 11.2. The predicted octanol–water partition coefficient (Wildman–Crippen LogP) is 1.58. The smallest absolute Gasteiger partial charge is 0.223 e. The number of alkyl halides is 1. The molecule has 1 N–H and O–H groups in total. The summed E-state index contributed by atoms with van der Waals surface area (Å²) in [5.41, 5.74) is 0. The molecule has 0 aromatic carbocycles. The van der Waals surface area contributed by atoms with Crippen LogP contribution in [-0.2, 0) is 4.79 Å². The Morgan fingerprint density at radius 2 is 2.45 bits per heavy atom. The van der Waals surface area contributed by atoms with Gasteiger partial charge in [-0.3, -0.25) is 4.79 Å². The highest BCUT2D eigenvalue weighted by molar-refractivity contribution is 14.1. The molecule has 1 aliphatic rings. The van der Waals surface area contributed by atoms with Gasteiger partial charge in [0.25, 0.3) is 0 Å². The van der Waals surface area contributed by atoms with Crippen molar-refractivity contribution < 1.29 is 4.79 Å². The van der Waals surface area contributed by atoms with Crippen molar-refractivity contribution in [2.75, 3.05) is 11.0 Å². The zero-order valence-corrected chi connectivity index (χ0v) is 8.93. The SMILES string of the molecule is CC[C@@H]1C[C@H]1C(=O)NCCI. The summed E-state index contributed by atoms with van der Waals surface area (Å²) in [7, 11) is 0. The molecule has 0 spiro atoms. The number of amides is 1. The van der Waals surface area contributed by atoms with Gasteiger partial charge in [0.1, 0.15) is 0 Å². The van der Waals surface area contributed by atoms with E-state index >= 15 is 0 Å². The average Bonchev–Trinajstić information content (AvgIpc) is 2.78. The van der Waals surface area contributed by atoms with E-state index in [9.17, 15) is 4.79 Å². The van der Waals surface area contributed by atoms with Crippen LogP contribution in [0.3, 0.4) is 0 Å². The van der Waals surface area contributed by atoms with Crippen LogP contribution in [0.1, 0.15) is 19.8 Å². The summed E-state index contributed by atoms with van der Waals surface area (Å²) in [5.74, 6) is 1.31. The van der Waals surface area contributed by atoms with Crippen LogP contribution in [0.5, 0.6) is 0 Å². The fourth-order valence-electron chi connectivity index (χ4n) is 1.32. The summed E-state index contributed by atoms with van der Waals surface area (Å²) in [4.78, 5) is 11.2. The van der Waals surface area contributed by atoms with Gasteiger partial charge in [-0.05, 0) is 12.3 Å². The second-order valence-electron chi connectivity index (χ2n) is 2.99. The molecule has 1 fully saturated rings. The lowest BCUT2D eigenvalue weighted by atomic mass is 10.2. The first-order valence-corrected chi connectivity index (χ1v) is 5.65. The van der Waals surface area contributed by atoms with Gasteiger partial charge >= 0.3 is 0 Å². The van der Waals surface area contributed by atoms with E-state index in [1.165, 1.54) is 0 Å². The summed E-state index contributed by atoms with van der Waals surface area (Å²) in [6.45, 7) is 2.97. The van der Waals surface area contributed by atoms with Crippen molar-refractivity contribution >= 4 is 28.5 Å². The molecule has 1 rings (SSSR count). The molecule has 1 saturated carbocycles. The van der Waals surface area contributed by atoms with E-state index in [1.807, 2.05) is 0 Å². The fourth-order valence-corrected chi connectivity index (χ4v) is 1.59. The Balaban J connectivity index is 2.12. The number of rotatable bonds is 4. The predicted molar refractivity (Wildman–Crippen MR) is 53.8 cm³/mol. The second-order valence-corrected chi connectivity index (χ2v) is 4.07. The Labute approximate surface area is 81.3 Å². The summed E-state index contributed by atoms with van der Waals surface area (Å²) in [6, 6.07) is 0. The zero-order chi connectivity index (χ0) is 8.27. The van der Waals surface area contributed by atoms with E-state index in [1.54, 1.807) is 0 Å². The van der Waals surface area contributed by atoms with Crippen LogP contribution in [-0.4, -0.2) is 16.9 Å². The maximum atomic E-state index is 11.2. The zero-order valence-electron chi connectivity index (χ0n) is 6.77. The molecule has 2 atom stereocenters. The van der Waals surface area contributed by atoms with Crippen molar-refractivity contribution in [3.8, 4) is 0 Å². The standard InChI is InChI=1S/C8H14INO/c1-2-6-5-7(6)8(11)10-4-3-9/h6-7H,2-5H2,1H3,(H,10,11)/t6-,7-/m1/s1. The van der Waals surface area contributed by atoms with Gasteiger partial charge in [0, 0.05) is 16.9 Å². The molecule has 0 aromatic rings. The Kier molecular flexibility index (Phi) is 3.62. The second kappa shape index (κ2) is 4.28. The average molecular weight is 267 g/mol. The highest BCUT2D eigenvalue weighted by Gasteiger charge is 2.40. The lowest BCUT2D eigenvalue weighted by molar-refractivity contribution is -0.122. The molecule has 11 heavy (non-hydrogen) atoms. The Bertz CT molecular complexity index is 149. The number of hydrogen-bond donors (Lipinski definition) is 1. The van der Waals surface area contributed by atoms with Crippen LogP contribution in [0, 0.1) is 11.8 Å². The molecule has 3 heteroatoms. The largest absolute Gasteiger partial charge is 0.355 e. The molecule has 0 aliphatic heterocycles. The van der Waals surface area contributed by atoms with E-state index in [4.69, 9.17) is 0 Å². The maximum Gasteiger partial charge on any atom is 0.223 e. The first-order valence-electron chi connectivity index (χ1n) is 4.13. The number of hydrogen-bond acceptors (Lipinski definition) is 1. The topological polar surface area (TPSA) is 29.1 Å². The van der Waals surface area contributed by atoms with Crippen molar-refractivity contribution in [3.05, 3.63) is 0 Å². The molecule has 1 amide bonds. The summed E-state index contributed by atoms with van der Waals surface area (Å²) < 4.78 is 1.01. The van der Waals surface area contributed by atoms with Gasteiger partial charge in [-0.25, -0.2) is 0 Å². The van der Waals surface area contributed by atoms with Crippen LogP contribution in [0.2, 0.25) is 0 Å². The first kappa shape index (κ1) is 9.29. The Morgan fingerprint density at radius 3 is 2.91 bits per heavy atom. The fraction of sp³-hybridized carbons (Fsp3) is 0.875. The molecule has 2 nitrogen and oxygen atoms in total. The number of halogens is 1. The van der Waals surface area contributed by atoms with E-state index in [0.29, 0.717) is 11.8 Å². The van der Waals surface area contributed by atoms with Gasteiger partial charge in [0.05, 0.1) is 0 Å². The summed E-state index contributed by atoms with van der Waals surface area (Å²) in [5, 5.41) is 2.91. The van der Waals surface area contributed by atoms with Gasteiger partial charge in [0.2, 0.25) is 5.91 Å². The van der Waals surface area contributed by atoms with E-state index in [-0.39, 0.29) is 5.91 Å². The quantitative estimate of drug-likeness (QED) is 0.608. The third-order valence-electron chi connectivity index (χ3n) is 2.18. The normalized spacial score (nSPS) is 28.2. The highest BCUT2D eigenvalue weighted by Crippen LogP contribution is 2.40. The molecule has 0 heterocycles. The molecule has 1 aliphatic carbocycles. The minimum Gasteiger partial charge on any atom is -0.355 e. The molecular formula is C8H14INO. The molecule has 0 bridgehead atoms. The summed E-state index contributed by atoms with van der Waals surface area (Å²) >= 11 is 2.26. The molecule has 0 unspecified atom stereocenters. The summed E-state index contributed by atoms with van der Waals surface area (Å²) in [6.07, 6.45) is 2.27. The molecule has 64 valence electrons. The Hall–Kier alpha value is 0.200. The molecule has 0 saturated heterocycles. The minimum absolute atomic E-state index is 0.272. The van der Waals surface area contributed by atoms with Crippen LogP contribution in [0.4, 0.5) is 0 Å². The Morgan fingerprint density at radius 1 is 1.73 bits per heavy atom. The minimum atomic E-state index is 0.272. The molecule has 0 radical (unpaired) electrons. The van der Waals surface area contributed by atoms with Crippen molar-refractivity contribution in [1.82, 2.24) is 5.32 Å². The van der Waals surface area contributed by atoms with Crippen LogP contribution >= 0.6 is 22.6 Å². The lowest BCUT2D eigenvalue weighted by Crippen LogP contribution is -2.27. The first-order chi connectivity index (χ1) is 5.29. The van der Waals surface area contributed by atoms with Gasteiger partial charge in [0.15, 0.2) is 0 Å². The van der Waals surface area contributed by atoms with E-state index < -0.39 is 0 Å². The van der Waals surface area contributed by atoms with Crippen molar-refractivity contribution in [1.29, 1.82) is 0 Å². The monoisotopic (exact) mass is 267 g/mol. The number of carbonyl (C=O) groups is 1. The number of nitrogens with one attached hydrogen (secondary N) is 1.